The summed E-state index contributed by atoms with van der Waals surface area (Å²) in [7, 11) is 0. The van der Waals surface area contributed by atoms with Crippen molar-refractivity contribution in [2.24, 2.45) is 0 Å². The van der Waals surface area contributed by atoms with Gasteiger partial charge in [-0.05, 0) is 73.5 Å². The summed E-state index contributed by atoms with van der Waals surface area (Å²) in [6.45, 7) is 8.55. The Labute approximate surface area is 156 Å². The van der Waals surface area contributed by atoms with Crippen molar-refractivity contribution in [3.05, 3.63) is 64.2 Å². The summed E-state index contributed by atoms with van der Waals surface area (Å²) in [4.78, 5) is 4.66. The van der Waals surface area contributed by atoms with Gasteiger partial charge in [-0.25, -0.2) is 0 Å². The molecule has 5 rings (SSSR count). The Morgan fingerprint density at radius 2 is 1.69 bits per heavy atom. The molecule has 3 aromatic heterocycles. The van der Waals surface area contributed by atoms with Gasteiger partial charge in [0.05, 0.1) is 5.69 Å². The lowest BCUT2D eigenvalue weighted by atomic mass is 10.0. The molecule has 0 saturated heterocycles. The van der Waals surface area contributed by atoms with Crippen molar-refractivity contribution in [1.29, 1.82) is 0 Å². The Hall–Kier alpha value is -2.65. The zero-order valence-corrected chi connectivity index (χ0v) is 16.1. The number of benzene rings is 2. The minimum atomic E-state index is 0.930. The number of rotatable bonds is 1. The Balaban J connectivity index is 1.94. The smallest absolute Gasteiger partial charge is 0.144 e. The van der Waals surface area contributed by atoms with E-state index in [0.29, 0.717) is 0 Å². The number of nitrogens with zero attached hydrogens (tertiary/aromatic N) is 1. The first kappa shape index (κ1) is 15.6. The number of thiophene rings is 1. The minimum absolute atomic E-state index is 0.930. The normalized spacial score (nSPS) is 11.8. The van der Waals surface area contributed by atoms with Gasteiger partial charge in [0, 0.05) is 32.6 Å². The molecule has 2 aromatic carbocycles. The molecule has 0 bridgehead atoms. The predicted molar refractivity (Wildman–Crippen MR) is 111 cm³/mol. The molecule has 0 unspecified atom stereocenters. The van der Waals surface area contributed by atoms with Gasteiger partial charge in [-0.3, -0.25) is 4.98 Å². The third kappa shape index (κ3) is 2.07. The molecule has 26 heavy (non-hydrogen) atoms. The van der Waals surface area contributed by atoms with Crippen LogP contribution in [0.4, 0.5) is 0 Å². The highest BCUT2D eigenvalue weighted by atomic mass is 32.1. The Morgan fingerprint density at radius 3 is 2.50 bits per heavy atom. The number of furan rings is 1. The maximum Gasteiger partial charge on any atom is 0.144 e. The lowest BCUT2D eigenvalue weighted by molar-refractivity contribution is 0.673. The van der Waals surface area contributed by atoms with E-state index in [0.717, 1.165) is 22.4 Å². The second kappa shape index (κ2) is 5.42. The van der Waals surface area contributed by atoms with E-state index in [2.05, 4.69) is 68.4 Å². The van der Waals surface area contributed by atoms with E-state index in [9.17, 15) is 0 Å². The lowest BCUT2D eigenvalue weighted by Gasteiger charge is -2.05. The van der Waals surface area contributed by atoms with Crippen LogP contribution in [0.1, 0.15) is 22.3 Å². The zero-order valence-electron chi connectivity index (χ0n) is 15.3. The standard InChI is InChI=1S/C23H19NOS/c1-12-8-18(24-10-14(12)3)16-6-5-7-17-20-13(2)9-19-21(15(4)11-26-19)23(20)25-22(16)17/h5-11H,1-4H3. The fourth-order valence-corrected chi connectivity index (χ4v) is 4.83. The molecule has 0 fully saturated rings. The van der Waals surface area contributed by atoms with E-state index in [1.807, 2.05) is 6.20 Å². The Kier molecular flexibility index (Phi) is 3.25. The van der Waals surface area contributed by atoms with E-state index < -0.39 is 0 Å². The van der Waals surface area contributed by atoms with Crippen LogP contribution < -0.4 is 0 Å². The SMILES string of the molecule is Cc1cnc(-c2cccc3c2oc2c4c(C)csc4cc(C)c32)cc1C. The second-order valence-electron chi connectivity index (χ2n) is 7.13. The van der Waals surface area contributed by atoms with Gasteiger partial charge in [-0.2, -0.15) is 0 Å². The van der Waals surface area contributed by atoms with Gasteiger partial charge < -0.3 is 4.42 Å². The molecule has 128 valence electrons. The summed E-state index contributed by atoms with van der Waals surface area (Å²) in [5.41, 5.74) is 8.95. The summed E-state index contributed by atoms with van der Waals surface area (Å²) < 4.78 is 7.80. The van der Waals surface area contributed by atoms with Crippen LogP contribution in [0.25, 0.3) is 43.3 Å². The quantitative estimate of drug-likeness (QED) is 0.320. The van der Waals surface area contributed by atoms with Crippen LogP contribution in [0.5, 0.6) is 0 Å². The van der Waals surface area contributed by atoms with E-state index in [1.54, 1.807) is 11.3 Å². The first-order valence-electron chi connectivity index (χ1n) is 8.81. The van der Waals surface area contributed by atoms with Gasteiger partial charge >= 0.3 is 0 Å². The molecular formula is C23H19NOS. The molecular weight excluding hydrogens is 338 g/mol. The monoisotopic (exact) mass is 357 g/mol. The largest absolute Gasteiger partial charge is 0.455 e. The van der Waals surface area contributed by atoms with Gasteiger partial charge in [-0.15, -0.1) is 11.3 Å². The minimum Gasteiger partial charge on any atom is -0.455 e. The van der Waals surface area contributed by atoms with Crippen LogP contribution in [0.2, 0.25) is 0 Å². The zero-order chi connectivity index (χ0) is 18.0. The highest BCUT2D eigenvalue weighted by Crippen LogP contribution is 2.42. The highest BCUT2D eigenvalue weighted by molar-refractivity contribution is 7.17. The van der Waals surface area contributed by atoms with E-state index in [-0.39, 0.29) is 0 Å². The van der Waals surface area contributed by atoms with Gasteiger partial charge in [0.2, 0.25) is 0 Å². The van der Waals surface area contributed by atoms with E-state index >= 15 is 0 Å². The molecule has 0 radical (unpaired) electrons. The number of fused-ring (bicyclic) bond motifs is 5. The van der Waals surface area contributed by atoms with Crippen molar-refractivity contribution in [3.8, 4) is 11.3 Å². The number of hydrogen-bond acceptors (Lipinski definition) is 3. The first-order valence-corrected chi connectivity index (χ1v) is 9.69. The molecule has 0 spiro atoms. The average molecular weight is 357 g/mol. The Morgan fingerprint density at radius 1 is 0.846 bits per heavy atom. The van der Waals surface area contributed by atoms with Crippen molar-refractivity contribution in [2.45, 2.75) is 27.7 Å². The van der Waals surface area contributed by atoms with Crippen LogP contribution in [0.3, 0.4) is 0 Å². The molecule has 0 saturated carbocycles. The fourth-order valence-electron chi connectivity index (χ4n) is 3.79. The molecule has 3 heteroatoms. The van der Waals surface area contributed by atoms with Gasteiger partial charge in [0.15, 0.2) is 0 Å². The molecule has 0 atom stereocenters. The average Bonchev–Trinajstić information content (AvgIpc) is 3.18. The Bertz CT molecular complexity index is 1320. The molecule has 2 nitrogen and oxygen atoms in total. The summed E-state index contributed by atoms with van der Waals surface area (Å²) in [6, 6.07) is 10.8. The molecule has 0 N–H and O–H groups in total. The lowest BCUT2D eigenvalue weighted by Crippen LogP contribution is -1.88. The predicted octanol–water partition coefficient (Wildman–Crippen LogP) is 7.10. The van der Waals surface area contributed by atoms with Crippen LogP contribution in [-0.4, -0.2) is 4.98 Å². The van der Waals surface area contributed by atoms with Gasteiger partial charge in [-0.1, -0.05) is 12.1 Å². The van der Waals surface area contributed by atoms with E-state index in [4.69, 9.17) is 4.42 Å². The van der Waals surface area contributed by atoms with Crippen molar-refractivity contribution in [3.63, 3.8) is 0 Å². The van der Waals surface area contributed by atoms with Crippen LogP contribution in [0.15, 0.2) is 46.3 Å². The maximum absolute atomic E-state index is 6.51. The van der Waals surface area contributed by atoms with Crippen LogP contribution >= 0.6 is 11.3 Å². The number of para-hydroxylation sites is 1. The fraction of sp³-hybridized carbons (Fsp3) is 0.174. The van der Waals surface area contributed by atoms with Gasteiger partial charge in [0.1, 0.15) is 11.2 Å². The maximum atomic E-state index is 6.51. The molecule has 0 aliphatic rings. The van der Waals surface area contributed by atoms with Crippen LogP contribution in [0, 0.1) is 27.7 Å². The number of pyridine rings is 1. The third-order valence-corrected chi connectivity index (χ3v) is 6.38. The summed E-state index contributed by atoms with van der Waals surface area (Å²) in [6.07, 6.45) is 1.94. The number of hydrogen-bond donors (Lipinski definition) is 0. The molecule has 0 aliphatic carbocycles. The third-order valence-electron chi connectivity index (χ3n) is 5.34. The van der Waals surface area contributed by atoms with Crippen molar-refractivity contribution < 1.29 is 4.42 Å². The molecule has 0 aliphatic heterocycles. The topological polar surface area (TPSA) is 26.0 Å². The van der Waals surface area contributed by atoms with Crippen molar-refractivity contribution >= 4 is 43.4 Å². The van der Waals surface area contributed by atoms with Crippen LogP contribution in [-0.2, 0) is 0 Å². The summed E-state index contributed by atoms with van der Waals surface area (Å²) in [5, 5.41) is 5.84. The first-order chi connectivity index (χ1) is 12.5. The van der Waals surface area contributed by atoms with Gasteiger partial charge in [0.25, 0.3) is 0 Å². The molecule has 3 heterocycles. The molecule has 0 amide bonds. The summed E-state index contributed by atoms with van der Waals surface area (Å²) in [5.74, 6) is 0. The van der Waals surface area contributed by atoms with E-state index in [1.165, 1.54) is 43.1 Å². The summed E-state index contributed by atoms with van der Waals surface area (Å²) >= 11 is 1.78. The second-order valence-corrected chi connectivity index (χ2v) is 8.04. The van der Waals surface area contributed by atoms with Crippen molar-refractivity contribution in [1.82, 2.24) is 4.98 Å². The number of aryl methyl sites for hydroxylation is 4. The molecule has 5 aromatic rings. The van der Waals surface area contributed by atoms with Crippen molar-refractivity contribution in [2.75, 3.05) is 0 Å². The highest BCUT2D eigenvalue weighted by Gasteiger charge is 2.18. The number of aromatic nitrogens is 1.